The molecule has 0 radical (unpaired) electrons. The molecule has 5 nitrogen and oxygen atoms in total. The first kappa shape index (κ1) is 13.3. The zero-order chi connectivity index (χ0) is 14.7. The Kier molecular flexibility index (Phi) is 3.66. The molecule has 0 aliphatic rings. The van der Waals surface area contributed by atoms with Crippen molar-refractivity contribution in [1.82, 2.24) is 10.2 Å². The number of fused-ring (bicyclic) bond motifs is 1. The van der Waals surface area contributed by atoms with Crippen molar-refractivity contribution in [3.8, 4) is 0 Å². The maximum Gasteiger partial charge on any atom is 0.259 e. The smallest absolute Gasteiger partial charge is 0.259 e. The van der Waals surface area contributed by atoms with Gasteiger partial charge < -0.3 is 10.1 Å². The van der Waals surface area contributed by atoms with Crippen molar-refractivity contribution in [3.05, 3.63) is 60.2 Å². The van der Waals surface area contributed by atoms with Crippen LogP contribution in [0.3, 0.4) is 0 Å². The van der Waals surface area contributed by atoms with Gasteiger partial charge in [0.15, 0.2) is 11.9 Å². The molecular weight excluding hydrogens is 266 g/mol. The number of nitrogens with one attached hydrogen (secondary N) is 2. The molecule has 3 rings (SSSR count). The highest BCUT2D eigenvalue weighted by Gasteiger charge is 2.21. The zero-order valence-electron chi connectivity index (χ0n) is 11.5. The Balaban J connectivity index is 1.85. The number of hydrogen-bond acceptors (Lipinski definition) is 3. The largest absolute Gasteiger partial charge is 0.367 e. The Morgan fingerprint density at radius 2 is 1.86 bits per heavy atom. The molecule has 1 heterocycles. The van der Waals surface area contributed by atoms with Crippen LogP contribution in [-0.2, 0) is 9.53 Å². The predicted octanol–water partition coefficient (Wildman–Crippen LogP) is 2.89. The third-order valence-corrected chi connectivity index (χ3v) is 3.29. The van der Waals surface area contributed by atoms with Crippen LogP contribution in [0, 0.1) is 0 Å². The Morgan fingerprint density at radius 1 is 1.14 bits per heavy atom. The summed E-state index contributed by atoms with van der Waals surface area (Å²) >= 11 is 0. The topological polar surface area (TPSA) is 67.0 Å². The minimum atomic E-state index is -0.665. The molecule has 2 aromatic carbocycles. The normalized spacial score (nSPS) is 12.2. The maximum atomic E-state index is 12.4. The number of carbonyl (C=O) groups is 1. The minimum absolute atomic E-state index is 0.249. The van der Waals surface area contributed by atoms with E-state index >= 15 is 0 Å². The first-order valence-electron chi connectivity index (χ1n) is 6.61. The van der Waals surface area contributed by atoms with Gasteiger partial charge in [0.2, 0.25) is 0 Å². The van der Waals surface area contributed by atoms with Gasteiger partial charge in [-0.25, -0.2) is 0 Å². The van der Waals surface area contributed by atoms with Crippen LogP contribution in [0.2, 0.25) is 0 Å². The number of nitrogens with zero attached hydrogens (tertiary/aromatic N) is 1. The maximum absolute atomic E-state index is 12.4. The number of benzene rings is 2. The molecule has 0 aliphatic heterocycles. The molecule has 21 heavy (non-hydrogen) atoms. The van der Waals surface area contributed by atoms with E-state index in [2.05, 4.69) is 15.5 Å². The van der Waals surface area contributed by atoms with Gasteiger partial charge in [0, 0.05) is 12.5 Å². The second-order valence-electron chi connectivity index (χ2n) is 4.63. The summed E-state index contributed by atoms with van der Waals surface area (Å²) in [5, 5.41) is 10.7. The molecule has 0 saturated carbocycles. The van der Waals surface area contributed by atoms with Gasteiger partial charge >= 0.3 is 0 Å². The number of anilines is 1. The second kappa shape index (κ2) is 5.76. The molecule has 3 aromatic rings. The molecule has 1 unspecified atom stereocenters. The zero-order valence-corrected chi connectivity index (χ0v) is 11.5. The lowest BCUT2D eigenvalue weighted by Crippen LogP contribution is -2.22. The number of aromatic nitrogens is 2. The van der Waals surface area contributed by atoms with Crippen LogP contribution in [0.15, 0.2) is 54.6 Å². The standard InChI is InChI=1S/C16H15N3O2/c1-21-14(11-7-3-2-4-8-11)16(20)17-15-12-9-5-6-10-13(12)18-19-15/h2-10,14H,1H3,(H2,17,18,19,20). The van der Waals surface area contributed by atoms with Gasteiger partial charge in [0.05, 0.1) is 5.52 Å². The van der Waals surface area contributed by atoms with E-state index in [1.807, 2.05) is 54.6 Å². The molecule has 0 bridgehead atoms. The Labute approximate surface area is 121 Å². The fourth-order valence-corrected chi connectivity index (χ4v) is 2.26. The molecule has 5 heteroatoms. The number of carbonyl (C=O) groups excluding carboxylic acids is 1. The van der Waals surface area contributed by atoms with Crippen LogP contribution < -0.4 is 5.32 Å². The molecule has 0 aliphatic carbocycles. The quantitative estimate of drug-likeness (QED) is 0.772. The van der Waals surface area contributed by atoms with Gasteiger partial charge in [-0.15, -0.1) is 0 Å². The van der Waals surface area contributed by atoms with Crippen molar-refractivity contribution in [2.75, 3.05) is 12.4 Å². The highest BCUT2D eigenvalue weighted by Crippen LogP contribution is 2.23. The van der Waals surface area contributed by atoms with Gasteiger partial charge in [0.1, 0.15) is 0 Å². The minimum Gasteiger partial charge on any atom is -0.367 e. The predicted molar refractivity (Wildman–Crippen MR) is 80.9 cm³/mol. The summed E-state index contributed by atoms with van der Waals surface area (Å²) in [6.07, 6.45) is -0.665. The number of H-pyrrole nitrogens is 1. The highest BCUT2D eigenvalue weighted by atomic mass is 16.5. The van der Waals surface area contributed by atoms with E-state index in [4.69, 9.17) is 4.74 Å². The molecule has 0 spiro atoms. The van der Waals surface area contributed by atoms with Crippen LogP contribution in [0.25, 0.3) is 10.9 Å². The molecule has 2 N–H and O–H groups in total. The van der Waals surface area contributed by atoms with Crippen LogP contribution in [0.1, 0.15) is 11.7 Å². The van der Waals surface area contributed by atoms with Crippen molar-refractivity contribution < 1.29 is 9.53 Å². The number of ether oxygens (including phenoxy) is 1. The summed E-state index contributed by atoms with van der Waals surface area (Å²) in [6.45, 7) is 0. The first-order valence-corrected chi connectivity index (χ1v) is 6.61. The van der Waals surface area contributed by atoms with Crippen LogP contribution in [0.5, 0.6) is 0 Å². The van der Waals surface area contributed by atoms with Crippen LogP contribution in [-0.4, -0.2) is 23.2 Å². The van der Waals surface area contributed by atoms with E-state index in [-0.39, 0.29) is 5.91 Å². The molecule has 0 saturated heterocycles. The second-order valence-corrected chi connectivity index (χ2v) is 4.63. The van der Waals surface area contributed by atoms with E-state index in [1.54, 1.807) is 0 Å². The lowest BCUT2D eigenvalue weighted by molar-refractivity contribution is -0.126. The number of methoxy groups -OCH3 is 1. The van der Waals surface area contributed by atoms with Crippen LogP contribution >= 0.6 is 0 Å². The Morgan fingerprint density at radius 3 is 2.62 bits per heavy atom. The van der Waals surface area contributed by atoms with Crippen molar-refractivity contribution in [3.63, 3.8) is 0 Å². The van der Waals surface area contributed by atoms with Crippen LogP contribution in [0.4, 0.5) is 5.82 Å². The number of hydrogen-bond donors (Lipinski definition) is 2. The lowest BCUT2D eigenvalue weighted by Gasteiger charge is -2.14. The van der Waals surface area contributed by atoms with Crippen molar-refractivity contribution in [2.45, 2.75) is 6.10 Å². The molecule has 0 fully saturated rings. The monoisotopic (exact) mass is 281 g/mol. The summed E-state index contributed by atoms with van der Waals surface area (Å²) in [6, 6.07) is 17.0. The van der Waals surface area contributed by atoms with Gasteiger partial charge in [-0.05, 0) is 17.7 Å². The third kappa shape index (κ3) is 2.64. The van der Waals surface area contributed by atoms with Gasteiger partial charge in [-0.1, -0.05) is 42.5 Å². The van der Waals surface area contributed by atoms with E-state index in [9.17, 15) is 4.79 Å². The summed E-state index contributed by atoms with van der Waals surface area (Å²) < 4.78 is 5.31. The summed E-state index contributed by atoms with van der Waals surface area (Å²) in [7, 11) is 1.51. The number of aromatic amines is 1. The first-order chi connectivity index (χ1) is 10.3. The SMILES string of the molecule is COC(C(=O)Nc1n[nH]c2ccccc12)c1ccccc1. The van der Waals surface area contributed by atoms with Gasteiger partial charge in [0.25, 0.3) is 5.91 Å². The molecule has 1 amide bonds. The molecule has 1 aromatic heterocycles. The lowest BCUT2D eigenvalue weighted by atomic mass is 10.1. The van der Waals surface area contributed by atoms with E-state index in [0.717, 1.165) is 16.5 Å². The molecule has 106 valence electrons. The molecule has 1 atom stereocenters. The number of para-hydroxylation sites is 1. The number of amides is 1. The van der Waals surface area contributed by atoms with E-state index in [1.165, 1.54) is 7.11 Å². The van der Waals surface area contributed by atoms with Crippen molar-refractivity contribution >= 4 is 22.6 Å². The Bertz CT molecular complexity index is 752. The fraction of sp³-hybridized carbons (Fsp3) is 0.125. The van der Waals surface area contributed by atoms with Crippen molar-refractivity contribution in [2.24, 2.45) is 0 Å². The summed E-state index contributed by atoms with van der Waals surface area (Å²) in [4.78, 5) is 12.4. The van der Waals surface area contributed by atoms with Gasteiger partial charge in [-0.3, -0.25) is 9.89 Å². The van der Waals surface area contributed by atoms with E-state index in [0.29, 0.717) is 5.82 Å². The average molecular weight is 281 g/mol. The number of rotatable bonds is 4. The highest BCUT2D eigenvalue weighted by molar-refractivity contribution is 6.01. The molecular formula is C16H15N3O2. The summed E-state index contributed by atoms with van der Waals surface area (Å²) in [5.74, 6) is 0.259. The fourth-order valence-electron chi connectivity index (χ4n) is 2.26. The third-order valence-electron chi connectivity index (χ3n) is 3.29. The van der Waals surface area contributed by atoms with Crippen molar-refractivity contribution in [1.29, 1.82) is 0 Å². The average Bonchev–Trinajstić information content (AvgIpc) is 2.92. The summed E-state index contributed by atoms with van der Waals surface area (Å²) in [5.41, 5.74) is 1.68. The van der Waals surface area contributed by atoms with E-state index < -0.39 is 6.10 Å². The Hall–Kier alpha value is -2.66. The van der Waals surface area contributed by atoms with Gasteiger partial charge in [-0.2, -0.15) is 5.10 Å².